The molecular weight excluding hydrogens is 304 g/mol. The number of Topliss-reactive ketones (excluding diaryl/α,β-unsaturated/α-hetero) is 1. The third-order valence-corrected chi connectivity index (χ3v) is 3.69. The zero-order chi connectivity index (χ0) is 12.6. The van der Waals surface area contributed by atoms with E-state index in [2.05, 4.69) is 25.9 Å². The summed E-state index contributed by atoms with van der Waals surface area (Å²) in [6.07, 6.45) is 5.18. The Labute approximate surface area is 112 Å². The fourth-order valence-corrected chi connectivity index (χ4v) is 2.55. The fourth-order valence-electron chi connectivity index (χ4n) is 1.43. The summed E-state index contributed by atoms with van der Waals surface area (Å²) in [5.74, 6) is 0.382. The molecule has 0 unspecified atom stereocenters. The van der Waals surface area contributed by atoms with Gasteiger partial charge >= 0.3 is 0 Å². The normalized spacial score (nSPS) is 18.5. The van der Waals surface area contributed by atoms with Gasteiger partial charge in [-0.15, -0.1) is 11.8 Å². The first-order chi connectivity index (χ1) is 7.95. The molecule has 1 aliphatic rings. The van der Waals surface area contributed by atoms with Crippen LogP contribution >= 0.6 is 27.7 Å². The van der Waals surface area contributed by atoms with Crippen LogP contribution in [-0.2, 0) is 9.53 Å². The highest BCUT2D eigenvalue weighted by molar-refractivity contribution is 9.12. The molecule has 0 amide bonds. The molecule has 1 aliphatic heterocycles. The molecule has 17 heavy (non-hydrogen) atoms. The summed E-state index contributed by atoms with van der Waals surface area (Å²) in [5.41, 5.74) is -0.270. The van der Waals surface area contributed by atoms with Crippen LogP contribution < -0.4 is 0 Å². The molecule has 0 saturated carbocycles. The largest absolute Gasteiger partial charge is 0.476 e. The third kappa shape index (κ3) is 2.24. The molecule has 0 aliphatic carbocycles. The maximum Gasteiger partial charge on any atom is 0.216 e. The molecule has 0 spiro atoms. The highest BCUT2D eigenvalue weighted by Crippen LogP contribution is 2.38. The van der Waals surface area contributed by atoms with Crippen molar-refractivity contribution in [3.05, 3.63) is 22.6 Å². The summed E-state index contributed by atoms with van der Waals surface area (Å²) in [6.45, 7) is 3.46. The minimum atomic E-state index is -0.842. The van der Waals surface area contributed by atoms with Crippen molar-refractivity contribution >= 4 is 39.2 Å². The SMILES string of the molecule is CSc1cncc(C2=C(Br)C(=O)C(C)(C)O2)n1. The third-order valence-electron chi connectivity index (χ3n) is 2.36. The number of hydrogen-bond donors (Lipinski definition) is 0. The van der Waals surface area contributed by atoms with Crippen molar-refractivity contribution in [2.24, 2.45) is 0 Å². The lowest BCUT2D eigenvalue weighted by Gasteiger charge is -2.17. The quantitative estimate of drug-likeness (QED) is 0.785. The minimum absolute atomic E-state index is 0.0798. The van der Waals surface area contributed by atoms with Crippen molar-refractivity contribution in [3.63, 3.8) is 0 Å². The van der Waals surface area contributed by atoms with Gasteiger partial charge in [0.05, 0.1) is 12.4 Å². The monoisotopic (exact) mass is 314 g/mol. The number of carbonyl (C=O) groups excluding carboxylic acids is 1. The number of carbonyl (C=O) groups is 1. The molecule has 0 atom stereocenters. The van der Waals surface area contributed by atoms with Crippen LogP contribution in [0, 0.1) is 0 Å². The van der Waals surface area contributed by atoms with Crippen molar-refractivity contribution in [1.82, 2.24) is 9.97 Å². The molecule has 2 rings (SSSR count). The Kier molecular flexibility index (Phi) is 3.27. The minimum Gasteiger partial charge on any atom is -0.476 e. The van der Waals surface area contributed by atoms with Gasteiger partial charge in [0, 0.05) is 0 Å². The topological polar surface area (TPSA) is 52.1 Å². The van der Waals surface area contributed by atoms with E-state index in [-0.39, 0.29) is 5.78 Å². The van der Waals surface area contributed by atoms with E-state index in [9.17, 15) is 4.79 Å². The van der Waals surface area contributed by atoms with E-state index in [0.717, 1.165) is 5.03 Å². The van der Waals surface area contributed by atoms with Gasteiger partial charge in [0.15, 0.2) is 11.4 Å². The van der Waals surface area contributed by atoms with Crippen molar-refractivity contribution in [1.29, 1.82) is 0 Å². The van der Waals surface area contributed by atoms with Gasteiger partial charge < -0.3 is 4.74 Å². The standard InChI is InChI=1S/C11H11BrN2O2S/c1-11(2)10(15)8(12)9(16-11)6-4-13-5-7(14-6)17-3/h4-5H,1-3H3. The Morgan fingerprint density at radius 1 is 1.41 bits per heavy atom. The number of halogens is 1. The Morgan fingerprint density at radius 2 is 2.12 bits per heavy atom. The van der Waals surface area contributed by atoms with Crippen LogP contribution in [0.4, 0.5) is 0 Å². The molecule has 2 heterocycles. The van der Waals surface area contributed by atoms with Crippen molar-refractivity contribution in [2.45, 2.75) is 24.5 Å². The van der Waals surface area contributed by atoms with Gasteiger partial charge in [-0.3, -0.25) is 9.78 Å². The summed E-state index contributed by atoms with van der Waals surface area (Å²) in [5, 5.41) is 0.788. The number of thioether (sulfide) groups is 1. The molecule has 1 aromatic rings. The van der Waals surface area contributed by atoms with Gasteiger partial charge in [0.2, 0.25) is 5.78 Å². The Hall–Kier alpha value is -0.880. The number of nitrogens with zero attached hydrogens (tertiary/aromatic N) is 2. The Bertz CT molecular complexity index is 514. The molecule has 1 aromatic heterocycles. The molecule has 0 saturated heterocycles. The number of ether oxygens (including phenoxy) is 1. The van der Waals surface area contributed by atoms with Crippen LogP contribution in [0.15, 0.2) is 21.9 Å². The second-order valence-corrected chi connectivity index (χ2v) is 5.65. The van der Waals surface area contributed by atoms with Gasteiger partial charge in [0.25, 0.3) is 0 Å². The summed E-state index contributed by atoms with van der Waals surface area (Å²) in [4.78, 5) is 20.3. The lowest BCUT2D eigenvalue weighted by Crippen LogP contribution is -2.28. The second-order valence-electron chi connectivity index (χ2n) is 4.03. The molecule has 0 fully saturated rings. The van der Waals surface area contributed by atoms with Crippen molar-refractivity contribution in [2.75, 3.05) is 6.26 Å². The van der Waals surface area contributed by atoms with Crippen molar-refractivity contribution in [3.8, 4) is 0 Å². The van der Waals surface area contributed by atoms with Gasteiger partial charge in [-0.25, -0.2) is 4.98 Å². The maximum absolute atomic E-state index is 11.9. The Balaban J connectivity index is 2.44. The summed E-state index contributed by atoms with van der Waals surface area (Å²) >= 11 is 4.75. The number of rotatable bonds is 2. The number of hydrogen-bond acceptors (Lipinski definition) is 5. The van der Waals surface area contributed by atoms with E-state index in [0.29, 0.717) is 15.9 Å². The molecule has 0 bridgehead atoms. The van der Waals surface area contributed by atoms with Crippen molar-refractivity contribution < 1.29 is 9.53 Å². The molecule has 6 heteroatoms. The van der Waals surface area contributed by atoms with Gasteiger partial charge in [-0.2, -0.15) is 0 Å². The molecule has 0 aromatic carbocycles. The molecule has 90 valence electrons. The van der Waals surface area contributed by atoms with Crippen LogP contribution in [0.1, 0.15) is 19.5 Å². The number of aromatic nitrogens is 2. The molecular formula is C11H11BrN2O2S. The zero-order valence-corrected chi connectivity index (χ0v) is 12.1. The van der Waals surface area contributed by atoms with E-state index in [4.69, 9.17) is 4.74 Å². The lowest BCUT2D eigenvalue weighted by molar-refractivity contribution is -0.125. The summed E-state index contributed by atoms with van der Waals surface area (Å²) in [7, 11) is 0. The van der Waals surface area contributed by atoms with E-state index in [1.165, 1.54) is 11.8 Å². The highest BCUT2D eigenvalue weighted by atomic mass is 79.9. The van der Waals surface area contributed by atoms with E-state index >= 15 is 0 Å². The van der Waals surface area contributed by atoms with E-state index in [1.807, 2.05) is 6.26 Å². The van der Waals surface area contributed by atoms with Crippen LogP contribution in [0.5, 0.6) is 0 Å². The highest BCUT2D eigenvalue weighted by Gasteiger charge is 2.41. The second kappa shape index (κ2) is 4.42. The fraction of sp³-hybridized carbons (Fsp3) is 0.364. The predicted octanol–water partition coefficient (Wildman–Crippen LogP) is 2.64. The smallest absolute Gasteiger partial charge is 0.216 e. The number of ketones is 1. The average molecular weight is 315 g/mol. The van der Waals surface area contributed by atoms with E-state index in [1.54, 1.807) is 26.2 Å². The summed E-state index contributed by atoms with van der Waals surface area (Å²) < 4.78 is 6.06. The lowest BCUT2D eigenvalue weighted by atomic mass is 10.1. The van der Waals surface area contributed by atoms with E-state index < -0.39 is 5.60 Å². The first kappa shape index (κ1) is 12.6. The maximum atomic E-state index is 11.9. The average Bonchev–Trinajstić information content (AvgIpc) is 2.53. The predicted molar refractivity (Wildman–Crippen MR) is 69.8 cm³/mol. The van der Waals surface area contributed by atoms with Gasteiger partial charge in [0.1, 0.15) is 15.2 Å². The van der Waals surface area contributed by atoms with Gasteiger partial charge in [-0.05, 0) is 36.0 Å². The van der Waals surface area contributed by atoms with Crippen LogP contribution in [0.25, 0.3) is 5.76 Å². The van der Waals surface area contributed by atoms with Gasteiger partial charge in [-0.1, -0.05) is 0 Å². The van der Waals surface area contributed by atoms with Crippen LogP contribution in [0.2, 0.25) is 0 Å². The molecule has 0 N–H and O–H groups in total. The summed E-state index contributed by atoms with van der Waals surface area (Å²) in [6, 6.07) is 0. The van der Waals surface area contributed by atoms with Crippen LogP contribution in [0.3, 0.4) is 0 Å². The van der Waals surface area contributed by atoms with Crippen LogP contribution in [-0.4, -0.2) is 27.6 Å². The first-order valence-corrected chi connectivity index (χ1v) is 6.97. The molecule has 0 radical (unpaired) electrons. The molecule has 4 nitrogen and oxygen atoms in total. The zero-order valence-electron chi connectivity index (χ0n) is 9.65. The Morgan fingerprint density at radius 3 is 2.65 bits per heavy atom. The first-order valence-electron chi connectivity index (χ1n) is 4.95.